The molecule has 36 heavy (non-hydrogen) atoms. The third-order valence-corrected chi connectivity index (χ3v) is 6.09. The molecule has 0 aliphatic rings. The average Bonchev–Trinajstić information content (AvgIpc) is 2.79. The van der Waals surface area contributed by atoms with Crippen LogP contribution in [0.4, 0.5) is 5.69 Å². The van der Waals surface area contributed by atoms with Crippen LogP contribution in [0, 0.1) is 0 Å². The summed E-state index contributed by atoms with van der Waals surface area (Å²) in [5.74, 6) is 1.68. The number of hydrogen-bond acceptors (Lipinski definition) is 3. The molecule has 5 N–H and O–H groups in total. The van der Waals surface area contributed by atoms with Crippen molar-refractivity contribution in [1.29, 1.82) is 0 Å². The molecule has 3 nitrogen and oxygen atoms in total. The Morgan fingerprint density at radius 3 is 1.36 bits per heavy atom. The predicted octanol–water partition coefficient (Wildman–Crippen LogP) is 8.65. The van der Waals surface area contributed by atoms with Crippen molar-refractivity contribution in [3.8, 4) is 5.75 Å². The first-order valence-corrected chi connectivity index (χ1v) is 13.0. The molecule has 0 heterocycles. The van der Waals surface area contributed by atoms with Gasteiger partial charge in [-0.15, -0.1) is 0 Å². The van der Waals surface area contributed by atoms with Crippen LogP contribution in [0.5, 0.6) is 5.75 Å². The van der Waals surface area contributed by atoms with E-state index in [0.717, 1.165) is 22.4 Å². The van der Waals surface area contributed by atoms with Gasteiger partial charge in [0.15, 0.2) is 0 Å². The summed E-state index contributed by atoms with van der Waals surface area (Å²) < 4.78 is 0. The van der Waals surface area contributed by atoms with Crippen molar-refractivity contribution in [2.24, 2.45) is 5.73 Å². The van der Waals surface area contributed by atoms with E-state index >= 15 is 0 Å². The fourth-order valence-electron chi connectivity index (χ4n) is 3.67. The number of nitrogens with two attached hydrogens (primary N) is 2. The number of phenols is 1. The Balaban J connectivity index is 0.000000290. The second kappa shape index (κ2) is 13.5. The van der Waals surface area contributed by atoms with E-state index in [1.807, 2.05) is 30.3 Å². The summed E-state index contributed by atoms with van der Waals surface area (Å²) in [4.78, 5) is 0. The summed E-state index contributed by atoms with van der Waals surface area (Å²) in [6.07, 6.45) is 0. The van der Waals surface area contributed by atoms with Crippen LogP contribution in [0.2, 0.25) is 0 Å². The van der Waals surface area contributed by atoms with Crippen molar-refractivity contribution < 1.29 is 5.11 Å². The lowest BCUT2D eigenvalue weighted by Crippen LogP contribution is -2.18. The van der Waals surface area contributed by atoms with Crippen molar-refractivity contribution in [3.63, 3.8) is 0 Å². The summed E-state index contributed by atoms with van der Waals surface area (Å²) in [7, 11) is 0. The Hall–Kier alpha value is -2.78. The number of nitrogen functional groups attached to an aromatic ring is 1. The molecule has 3 aromatic rings. The van der Waals surface area contributed by atoms with Crippen LogP contribution in [0.3, 0.4) is 0 Å². The topological polar surface area (TPSA) is 72.3 Å². The zero-order valence-electron chi connectivity index (χ0n) is 24.3. The highest BCUT2D eigenvalue weighted by Gasteiger charge is 2.26. The Labute approximate surface area is 221 Å². The van der Waals surface area contributed by atoms with Gasteiger partial charge in [0.1, 0.15) is 5.75 Å². The number of hydrogen-bond donors (Lipinski definition) is 3. The van der Waals surface area contributed by atoms with Crippen molar-refractivity contribution in [1.82, 2.24) is 0 Å². The largest absolute Gasteiger partial charge is 0.507 e. The van der Waals surface area contributed by atoms with Gasteiger partial charge in [0, 0.05) is 12.2 Å². The zero-order valence-corrected chi connectivity index (χ0v) is 24.3. The standard InChI is InChI=1S/C15H25NO.C9H13N.C9H12/c1-14(2,3)11-7-10(9-16)8-12(13(11)17)15(4,5)6;1-7(2)8-3-5-9(10)6-4-8;1-8(2)9-6-4-3-5-7-9/h7-8,17H,9,16H2,1-6H3;3-7H,10H2,1-2H3;3-8H,1-2H3. The molecule has 0 spiro atoms. The molecular weight excluding hydrogens is 440 g/mol. The van der Waals surface area contributed by atoms with Crippen LogP contribution < -0.4 is 11.5 Å². The van der Waals surface area contributed by atoms with E-state index in [-0.39, 0.29) is 10.8 Å². The van der Waals surface area contributed by atoms with Gasteiger partial charge >= 0.3 is 0 Å². The summed E-state index contributed by atoms with van der Waals surface area (Å²) >= 11 is 0. The Kier molecular flexibility index (Phi) is 11.7. The highest BCUT2D eigenvalue weighted by Crippen LogP contribution is 2.39. The maximum Gasteiger partial charge on any atom is 0.123 e. The number of rotatable bonds is 3. The number of phenolic OH excluding ortho intramolecular Hbond substituents is 1. The lowest BCUT2D eigenvalue weighted by atomic mass is 9.78. The van der Waals surface area contributed by atoms with Gasteiger partial charge < -0.3 is 16.6 Å². The lowest BCUT2D eigenvalue weighted by Gasteiger charge is -2.28. The van der Waals surface area contributed by atoms with Gasteiger partial charge in [-0.3, -0.25) is 0 Å². The van der Waals surface area contributed by atoms with Gasteiger partial charge in [0.25, 0.3) is 0 Å². The molecule has 0 saturated carbocycles. The van der Waals surface area contributed by atoms with Gasteiger partial charge in [-0.25, -0.2) is 0 Å². The first kappa shape index (κ1) is 31.3. The maximum atomic E-state index is 10.4. The molecule has 0 aliphatic carbocycles. The molecule has 0 aliphatic heterocycles. The molecule has 0 bridgehead atoms. The minimum atomic E-state index is -0.0741. The van der Waals surface area contributed by atoms with E-state index in [9.17, 15) is 5.11 Å². The average molecular weight is 491 g/mol. The van der Waals surface area contributed by atoms with E-state index < -0.39 is 0 Å². The van der Waals surface area contributed by atoms with E-state index in [4.69, 9.17) is 11.5 Å². The van der Waals surface area contributed by atoms with Gasteiger partial charge in [0.2, 0.25) is 0 Å². The highest BCUT2D eigenvalue weighted by molar-refractivity contribution is 5.49. The second-order valence-corrected chi connectivity index (χ2v) is 12.1. The van der Waals surface area contributed by atoms with Crippen molar-refractivity contribution in [3.05, 3.63) is 94.5 Å². The van der Waals surface area contributed by atoms with Gasteiger partial charge in [-0.1, -0.05) is 124 Å². The van der Waals surface area contributed by atoms with Gasteiger partial charge in [0.05, 0.1) is 0 Å². The molecule has 3 heteroatoms. The van der Waals surface area contributed by atoms with Crippen LogP contribution in [0.25, 0.3) is 0 Å². The highest BCUT2D eigenvalue weighted by atomic mass is 16.3. The summed E-state index contributed by atoms with van der Waals surface area (Å²) in [6.45, 7) is 21.9. The van der Waals surface area contributed by atoms with Crippen LogP contribution in [-0.4, -0.2) is 5.11 Å². The molecule has 0 amide bonds. The maximum absolute atomic E-state index is 10.4. The second-order valence-electron chi connectivity index (χ2n) is 12.1. The molecule has 3 rings (SSSR count). The monoisotopic (exact) mass is 490 g/mol. The first-order valence-electron chi connectivity index (χ1n) is 13.0. The van der Waals surface area contributed by atoms with Gasteiger partial charge in [-0.2, -0.15) is 0 Å². The predicted molar refractivity (Wildman–Crippen MR) is 159 cm³/mol. The molecular formula is C33H50N2O. The summed E-state index contributed by atoms with van der Waals surface area (Å²) in [5, 5.41) is 10.4. The fourth-order valence-corrected chi connectivity index (χ4v) is 3.67. The Morgan fingerprint density at radius 2 is 1.06 bits per heavy atom. The van der Waals surface area contributed by atoms with E-state index in [0.29, 0.717) is 24.1 Å². The molecule has 0 radical (unpaired) electrons. The number of benzene rings is 3. The smallest absolute Gasteiger partial charge is 0.123 e. The van der Waals surface area contributed by atoms with Crippen LogP contribution in [-0.2, 0) is 17.4 Å². The minimum absolute atomic E-state index is 0.0741. The van der Waals surface area contributed by atoms with Gasteiger partial charge in [-0.05, 0) is 62.6 Å². The number of anilines is 1. The summed E-state index contributed by atoms with van der Waals surface area (Å²) in [6, 6.07) is 22.6. The van der Waals surface area contributed by atoms with Crippen LogP contribution in [0.15, 0.2) is 66.7 Å². The molecule has 0 unspecified atom stereocenters. The molecule has 0 fully saturated rings. The third-order valence-electron chi connectivity index (χ3n) is 6.09. The van der Waals surface area contributed by atoms with Crippen molar-refractivity contribution in [2.45, 2.75) is 98.4 Å². The Bertz CT molecular complexity index is 1000. The molecule has 3 aromatic carbocycles. The molecule has 0 atom stereocenters. The van der Waals surface area contributed by atoms with E-state index in [1.54, 1.807) is 0 Å². The van der Waals surface area contributed by atoms with Crippen molar-refractivity contribution in [2.75, 3.05) is 5.73 Å². The molecule has 0 saturated heterocycles. The van der Waals surface area contributed by atoms with E-state index in [1.165, 1.54) is 11.1 Å². The fraction of sp³-hybridized carbons (Fsp3) is 0.455. The first-order chi connectivity index (χ1) is 16.6. The third kappa shape index (κ3) is 10.1. The number of aromatic hydroxyl groups is 1. The quantitative estimate of drug-likeness (QED) is 0.322. The summed E-state index contributed by atoms with van der Waals surface area (Å²) in [5.41, 5.74) is 17.8. The molecule has 198 valence electrons. The lowest BCUT2D eigenvalue weighted by molar-refractivity contribution is 0.422. The molecule has 0 aromatic heterocycles. The van der Waals surface area contributed by atoms with Crippen molar-refractivity contribution >= 4 is 5.69 Å². The Morgan fingerprint density at radius 1 is 0.667 bits per heavy atom. The normalized spacial score (nSPS) is 11.5. The minimum Gasteiger partial charge on any atom is -0.507 e. The van der Waals surface area contributed by atoms with E-state index in [2.05, 4.69) is 106 Å². The van der Waals surface area contributed by atoms with Crippen LogP contribution >= 0.6 is 0 Å². The zero-order chi connectivity index (χ0) is 27.7. The SMILES string of the molecule is CC(C)(C)c1cc(CN)cc(C(C)(C)C)c1O.CC(C)c1ccc(N)cc1.CC(C)c1ccccc1. The van der Waals surface area contributed by atoms with Crippen LogP contribution in [0.1, 0.15) is 109 Å².